The Morgan fingerprint density at radius 3 is 2.92 bits per heavy atom. The van der Waals surface area contributed by atoms with Crippen molar-refractivity contribution in [1.82, 2.24) is 4.31 Å². The first-order valence-electron chi connectivity index (χ1n) is 4.14. The van der Waals surface area contributed by atoms with Crippen LogP contribution in [0.1, 0.15) is 13.8 Å². The number of allylic oxidation sites excluding steroid dienone is 2. The lowest BCUT2D eigenvalue weighted by Gasteiger charge is -2.23. The van der Waals surface area contributed by atoms with Crippen LogP contribution >= 0.6 is 12.1 Å². The number of hydrogen-bond acceptors (Lipinski definition) is 3. The zero-order valence-corrected chi connectivity index (χ0v) is 8.65. The average molecular weight is 198 g/mol. The molecule has 0 radical (unpaired) electrons. The van der Waals surface area contributed by atoms with Gasteiger partial charge < -0.3 is 0 Å². The lowest BCUT2D eigenvalue weighted by atomic mass is 9.92. The summed E-state index contributed by atoms with van der Waals surface area (Å²) in [6.07, 6.45) is 1.60. The van der Waals surface area contributed by atoms with E-state index in [0.29, 0.717) is 5.57 Å². The van der Waals surface area contributed by atoms with E-state index in [0.717, 1.165) is 11.3 Å². The van der Waals surface area contributed by atoms with Crippen LogP contribution < -0.4 is 0 Å². The van der Waals surface area contributed by atoms with Crippen molar-refractivity contribution in [2.75, 3.05) is 7.05 Å². The summed E-state index contributed by atoms with van der Waals surface area (Å²) in [5.41, 5.74) is 2.56. The minimum atomic E-state index is -0.150. The maximum absolute atomic E-state index is 13.3. The smallest absolute Gasteiger partial charge is 0.128 e. The SMILES string of the molecule is CC1=CC(F)=C(C)C2=NSN(C)C12. The van der Waals surface area contributed by atoms with E-state index >= 15 is 0 Å². The maximum Gasteiger partial charge on any atom is 0.128 e. The summed E-state index contributed by atoms with van der Waals surface area (Å²) >= 11 is 1.39. The van der Waals surface area contributed by atoms with Crippen LogP contribution in [-0.4, -0.2) is 23.1 Å². The fourth-order valence-corrected chi connectivity index (χ4v) is 2.48. The zero-order chi connectivity index (χ0) is 9.59. The van der Waals surface area contributed by atoms with Gasteiger partial charge in [-0.2, -0.15) is 0 Å². The molecule has 1 unspecified atom stereocenters. The summed E-state index contributed by atoms with van der Waals surface area (Å²) in [4.78, 5) is 0. The van der Waals surface area contributed by atoms with Crippen LogP contribution in [-0.2, 0) is 0 Å². The molecule has 0 aromatic heterocycles. The highest BCUT2D eigenvalue weighted by Gasteiger charge is 2.33. The number of hydrogen-bond donors (Lipinski definition) is 0. The van der Waals surface area contributed by atoms with E-state index < -0.39 is 0 Å². The van der Waals surface area contributed by atoms with Gasteiger partial charge in [0, 0.05) is 12.6 Å². The molecule has 0 fully saturated rings. The first-order valence-corrected chi connectivity index (χ1v) is 4.87. The predicted molar refractivity (Wildman–Crippen MR) is 54.1 cm³/mol. The van der Waals surface area contributed by atoms with E-state index in [1.54, 1.807) is 13.0 Å². The van der Waals surface area contributed by atoms with Crippen molar-refractivity contribution >= 4 is 17.8 Å². The molecule has 0 N–H and O–H groups in total. The number of likely N-dealkylation sites (N-methyl/N-ethyl adjacent to an activating group) is 1. The monoisotopic (exact) mass is 198 g/mol. The van der Waals surface area contributed by atoms with Crippen LogP contribution in [0, 0.1) is 0 Å². The molecule has 2 rings (SSSR count). The molecule has 0 saturated heterocycles. The Hall–Kier alpha value is -0.610. The van der Waals surface area contributed by atoms with E-state index in [1.807, 2.05) is 18.3 Å². The molecule has 1 aliphatic carbocycles. The van der Waals surface area contributed by atoms with Gasteiger partial charge in [0.05, 0.1) is 23.9 Å². The third-order valence-corrected chi connectivity index (χ3v) is 3.17. The number of nitrogens with zero attached hydrogens (tertiary/aromatic N) is 2. The molecular weight excluding hydrogens is 187 g/mol. The zero-order valence-electron chi connectivity index (χ0n) is 7.84. The van der Waals surface area contributed by atoms with Crippen molar-refractivity contribution in [3.8, 4) is 0 Å². The van der Waals surface area contributed by atoms with Gasteiger partial charge in [0.1, 0.15) is 5.83 Å². The second-order valence-electron chi connectivity index (χ2n) is 3.37. The van der Waals surface area contributed by atoms with Gasteiger partial charge in [-0.05, 0) is 25.5 Å². The van der Waals surface area contributed by atoms with Gasteiger partial charge >= 0.3 is 0 Å². The first kappa shape index (κ1) is 8.97. The average Bonchev–Trinajstić information content (AvgIpc) is 2.44. The highest BCUT2D eigenvalue weighted by atomic mass is 32.2. The molecule has 1 aliphatic heterocycles. The molecule has 1 atom stereocenters. The van der Waals surface area contributed by atoms with Crippen LogP contribution in [0.5, 0.6) is 0 Å². The third kappa shape index (κ3) is 1.25. The molecular formula is C9H11FN2S. The second-order valence-corrected chi connectivity index (χ2v) is 4.29. The number of rotatable bonds is 0. The van der Waals surface area contributed by atoms with Gasteiger partial charge in [0.2, 0.25) is 0 Å². The molecule has 13 heavy (non-hydrogen) atoms. The van der Waals surface area contributed by atoms with E-state index in [9.17, 15) is 4.39 Å². The predicted octanol–water partition coefficient (Wildman–Crippen LogP) is 2.51. The van der Waals surface area contributed by atoms with Crippen LogP contribution in [0.2, 0.25) is 0 Å². The Kier molecular flexibility index (Phi) is 2.04. The topological polar surface area (TPSA) is 15.6 Å². The van der Waals surface area contributed by atoms with Gasteiger partial charge in [-0.25, -0.2) is 13.1 Å². The summed E-state index contributed by atoms with van der Waals surface area (Å²) < 4.78 is 19.6. The molecule has 0 aromatic carbocycles. The Morgan fingerprint density at radius 2 is 2.23 bits per heavy atom. The molecule has 0 spiro atoms. The Balaban J connectivity index is 2.48. The van der Waals surface area contributed by atoms with Crippen molar-refractivity contribution in [3.63, 3.8) is 0 Å². The van der Waals surface area contributed by atoms with Crippen molar-refractivity contribution in [2.45, 2.75) is 19.9 Å². The van der Waals surface area contributed by atoms with E-state index in [4.69, 9.17) is 0 Å². The quantitative estimate of drug-likeness (QED) is 0.556. The molecule has 2 aliphatic rings. The standard InChI is InChI=1S/C9H11FN2S/c1-5-4-7(10)6(2)8-9(5)12(3)13-11-8/h4,9H,1-3H3. The van der Waals surface area contributed by atoms with Crippen molar-refractivity contribution < 1.29 is 4.39 Å². The lowest BCUT2D eigenvalue weighted by Crippen LogP contribution is -2.33. The van der Waals surface area contributed by atoms with E-state index in [2.05, 4.69) is 4.40 Å². The van der Waals surface area contributed by atoms with Crippen molar-refractivity contribution in [1.29, 1.82) is 0 Å². The lowest BCUT2D eigenvalue weighted by molar-refractivity contribution is 0.551. The Morgan fingerprint density at radius 1 is 1.54 bits per heavy atom. The Labute approximate surface area is 81.5 Å². The van der Waals surface area contributed by atoms with Gasteiger partial charge in [0.15, 0.2) is 0 Å². The molecule has 1 heterocycles. The first-order chi connectivity index (χ1) is 6.11. The maximum atomic E-state index is 13.3. The van der Waals surface area contributed by atoms with E-state index in [-0.39, 0.29) is 11.9 Å². The second kappa shape index (κ2) is 2.96. The summed E-state index contributed by atoms with van der Waals surface area (Å²) in [6, 6.07) is 0.171. The number of halogens is 1. The molecule has 4 heteroatoms. The minimum Gasteiger partial charge on any atom is -0.221 e. The van der Waals surface area contributed by atoms with Gasteiger partial charge in [-0.15, -0.1) is 0 Å². The molecule has 0 bridgehead atoms. The number of fused-ring (bicyclic) bond motifs is 1. The fraction of sp³-hybridized carbons (Fsp3) is 0.444. The van der Waals surface area contributed by atoms with Crippen LogP contribution in [0.4, 0.5) is 4.39 Å². The van der Waals surface area contributed by atoms with Gasteiger partial charge in [0.25, 0.3) is 0 Å². The molecule has 0 amide bonds. The summed E-state index contributed by atoms with van der Waals surface area (Å²) in [7, 11) is 1.97. The molecule has 70 valence electrons. The highest BCUT2D eigenvalue weighted by molar-refractivity contribution is 7.96. The van der Waals surface area contributed by atoms with Gasteiger partial charge in [-0.1, -0.05) is 0 Å². The molecule has 0 saturated carbocycles. The normalized spacial score (nSPS) is 28.8. The summed E-state index contributed by atoms with van der Waals surface area (Å²) in [5.74, 6) is -0.150. The van der Waals surface area contributed by atoms with Gasteiger partial charge in [-0.3, -0.25) is 0 Å². The highest BCUT2D eigenvalue weighted by Crippen LogP contribution is 2.35. The van der Waals surface area contributed by atoms with Crippen molar-refractivity contribution in [3.05, 3.63) is 23.0 Å². The Bertz CT molecular complexity index is 344. The molecule has 2 nitrogen and oxygen atoms in total. The fourth-order valence-electron chi connectivity index (χ4n) is 1.66. The molecule has 0 aromatic rings. The van der Waals surface area contributed by atoms with Crippen LogP contribution in [0.15, 0.2) is 27.4 Å². The van der Waals surface area contributed by atoms with E-state index in [1.165, 1.54) is 12.1 Å². The van der Waals surface area contributed by atoms with Crippen LogP contribution in [0.25, 0.3) is 0 Å². The third-order valence-electron chi connectivity index (χ3n) is 2.42. The van der Waals surface area contributed by atoms with Crippen LogP contribution in [0.3, 0.4) is 0 Å². The van der Waals surface area contributed by atoms with Crippen molar-refractivity contribution in [2.24, 2.45) is 4.40 Å². The summed E-state index contributed by atoms with van der Waals surface area (Å²) in [6.45, 7) is 3.72. The largest absolute Gasteiger partial charge is 0.221 e. The minimum absolute atomic E-state index is 0.150. The summed E-state index contributed by atoms with van der Waals surface area (Å²) in [5, 5.41) is 0.